The fourth-order valence-electron chi connectivity index (χ4n) is 3.75. The number of imidazole rings is 1. The highest BCUT2D eigenvalue weighted by Gasteiger charge is 2.14. The van der Waals surface area contributed by atoms with E-state index in [-0.39, 0.29) is 5.41 Å². The molecule has 2 heterocycles. The molecule has 2 aromatic heterocycles. The van der Waals surface area contributed by atoms with Crippen molar-refractivity contribution in [2.45, 2.75) is 40.0 Å². The molecule has 2 aromatic carbocycles. The number of aromatic nitrogens is 3. The van der Waals surface area contributed by atoms with Crippen LogP contribution in [0.3, 0.4) is 0 Å². The van der Waals surface area contributed by atoms with Crippen LogP contribution in [0.2, 0.25) is 0 Å². The van der Waals surface area contributed by atoms with Crippen LogP contribution < -0.4 is 5.32 Å². The van der Waals surface area contributed by atoms with E-state index in [0.29, 0.717) is 0 Å². The number of hydrogen-bond acceptors (Lipinski definition) is 3. The number of rotatable bonds is 4. The number of allylic oxidation sites excluding steroid dienone is 1. The van der Waals surface area contributed by atoms with Crippen LogP contribution in [0, 0.1) is 0 Å². The fraction of sp³-hybridized carbons (Fsp3) is 0.259. The maximum Gasteiger partial charge on any atom is 0.130 e. The molecule has 0 aliphatic rings. The quantitative estimate of drug-likeness (QED) is 0.402. The lowest BCUT2D eigenvalue weighted by Crippen LogP contribution is -2.11. The van der Waals surface area contributed by atoms with Crippen molar-refractivity contribution in [3.63, 3.8) is 0 Å². The van der Waals surface area contributed by atoms with Gasteiger partial charge in [0.2, 0.25) is 0 Å². The summed E-state index contributed by atoms with van der Waals surface area (Å²) in [6.45, 7) is 11.0. The average molecular weight is 411 g/mol. The van der Waals surface area contributed by atoms with Crippen LogP contribution >= 0.6 is 0 Å². The highest BCUT2D eigenvalue weighted by molar-refractivity contribution is 5.89. The van der Waals surface area contributed by atoms with Gasteiger partial charge in [0.1, 0.15) is 5.82 Å². The largest absolute Gasteiger partial charge is 0.340 e. The third kappa shape index (κ3) is 4.38. The van der Waals surface area contributed by atoms with Gasteiger partial charge >= 0.3 is 0 Å². The molecule has 0 radical (unpaired) electrons. The van der Waals surface area contributed by atoms with E-state index in [9.17, 15) is 0 Å². The van der Waals surface area contributed by atoms with Crippen LogP contribution in [0.1, 0.15) is 45.7 Å². The van der Waals surface area contributed by atoms with Crippen LogP contribution in [0.4, 0.5) is 5.82 Å². The van der Waals surface area contributed by atoms with Crippen LogP contribution in [0.25, 0.3) is 27.7 Å². The van der Waals surface area contributed by atoms with Crippen molar-refractivity contribution < 1.29 is 0 Å². The molecule has 0 unspecified atom stereocenters. The first-order valence-corrected chi connectivity index (χ1v) is 10.6. The number of nitrogens with zero attached hydrogens (tertiary/aromatic N) is 3. The maximum absolute atomic E-state index is 4.66. The lowest BCUT2D eigenvalue weighted by molar-refractivity contribution is 0.590. The summed E-state index contributed by atoms with van der Waals surface area (Å²) in [4.78, 5) is 8.90. The number of fused-ring (bicyclic) bond motifs is 1. The van der Waals surface area contributed by atoms with Gasteiger partial charge < -0.3 is 9.88 Å². The molecule has 0 aliphatic carbocycles. The summed E-state index contributed by atoms with van der Waals surface area (Å²) < 4.78 is 2.03. The average Bonchev–Trinajstić information content (AvgIpc) is 3.16. The maximum atomic E-state index is 4.66. The molecule has 31 heavy (non-hydrogen) atoms. The van der Waals surface area contributed by atoms with E-state index in [0.717, 1.165) is 33.5 Å². The molecule has 0 atom stereocenters. The third-order valence-corrected chi connectivity index (χ3v) is 5.63. The van der Waals surface area contributed by atoms with Crippen LogP contribution in [-0.4, -0.2) is 14.5 Å². The number of hydrogen-bond donors (Lipinski definition) is 1. The van der Waals surface area contributed by atoms with Gasteiger partial charge in [0.25, 0.3) is 0 Å². The molecule has 0 aliphatic heterocycles. The monoisotopic (exact) mass is 410 g/mol. The minimum atomic E-state index is 0.141. The summed E-state index contributed by atoms with van der Waals surface area (Å²) in [6.07, 6.45) is 5.64. The van der Waals surface area contributed by atoms with Gasteiger partial charge in [-0.1, -0.05) is 62.7 Å². The molecule has 4 nitrogen and oxygen atoms in total. The van der Waals surface area contributed by atoms with Gasteiger partial charge in [-0.05, 0) is 47.9 Å². The van der Waals surface area contributed by atoms with Crippen molar-refractivity contribution in [2.75, 3.05) is 5.32 Å². The zero-order chi connectivity index (χ0) is 22.2. The Balaban J connectivity index is 1.67. The summed E-state index contributed by atoms with van der Waals surface area (Å²) >= 11 is 0. The second-order valence-electron chi connectivity index (χ2n) is 9.35. The lowest BCUT2D eigenvalue weighted by atomic mass is 9.86. The lowest BCUT2D eigenvalue weighted by Gasteiger charge is -2.20. The summed E-state index contributed by atoms with van der Waals surface area (Å²) in [6, 6.07) is 17.4. The molecule has 0 saturated carbocycles. The second-order valence-corrected chi connectivity index (χ2v) is 9.35. The number of benzene rings is 2. The van der Waals surface area contributed by atoms with E-state index in [1.54, 1.807) is 0 Å². The molecule has 0 amide bonds. The first-order chi connectivity index (χ1) is 14.7. The summed E-state index contributed by atoms with van der Waals surface area (Å²) in [5.41, 5.74) is 7.18. The third-order valence-electron chi connectivity index (χ3n) is 5.63. The number of nitrogens with one attached hydrogen (secondary N) is 1. The van der Waals surface area contributed by atoms with Gasteiger partial charge in [-0.25, -0.2) is 9.97 Å². The Labute approximate surface area is 184 Å². The van der Waals surface area contributed by atoms with Crippen molar-refractivity contribution >= 4 is 22.3 Å². The van der Waals surface area contributed by atoms with Crippen LogP contribution in [0.15, 0.2) is 72.8 Å². The molecule has 0 bridgehead atoms. The van der Waals surface area contributed by atoms with E-state index in [2.05, 4.69) is 98.4 Å². The van der Waals surface area contributed by atoms with Crippen molar-refractivity contribution in [1.29, 1.82) is 0 Å². The standard InChI is InChI=1S/C27H30N4/c1-18(2)26(19-9-11-23(12-10-19)27(3,4)5)30-25-14-22-13-20(7-8-21(22)15-29-25)24-16-28-17-31(24)6/h7-17H,1-6H3,(H,29,30). The molecule has 0 fully saturated rings. The van der Waals surface area contributed by atoms with Gasteiger partial charge in [-0.3, -0.25) is 0 Å². The van der Waals surface area contributed by atoms with Crippen molar-refractivity contribution in [3.05, 3.63) is 84.0 Å². The van der Waals surface area contributed by atoms with E-state index in [1.165, 1.54) is 16.7 Å². The molecule has 4 aromatic rings. The molecule has 4 rings (SSSR count). The molecule has 158 valence electrons. The zero-order valence-corrected chi connectivity index (χ0v) is 19.2. The topological polar surface area (TPSA) is 42.7 Å². The Bertz CT molecular complexity index is 1250. The van der Waals surface area contributed by atoms with Gasteiger partial charge in [-0.2, -0.15) is 0 Å². The predicted molar refractivity (Wildman–Crippen MR) is 131 cm³/mol. The Kier molecular flexibility index (Phi) is 5.40. The van der Waals surface area contributed by atoms with E-state index in [1.807, 2.05) is 30.3 Å². The Hall–Kier alpha value is -3.40. The highest BCUT2D eigenvalue weighted by Crippen LogP contribution is 2.28. The highest BCUT2D eigenvalue weighted by atomic mass is 15.0. The van der Waals surface area contributed by atoms with Gasteiger partial charge in [0.15, 0.2) is 0 Å². The molecule has 0 spiro atoms. The SMILES string of the molecule is CC(C)=C(Nc1cc2cc(-c3cncn3C)ccc2cn1)c1ccc(C(C)(C)C)cc1. The Morgan fingerprint density at radius 2 is 1.65 bits per heavy atom. The molecule has 1 N–H and O–H groups in total. The molecule has 0 saturated heterocycles. The minimum Gasteiger partial charge on any atom is -0.340 e. The van der Waals surface area contributed by atoms with E-state index in [4.69, 9.17) is 0 Å². The Morgan fingerprint density at radius 3 is 2.26 bits per heavy atom. The molecule has 4 heteroatoms. The number of pyridine rings is 1. The first-order valence-electron chi connectivity index (χ1n) is 10.6. The molecular formula is C27H30N4. The van der Waals surface area contributed by atoms with Crippen LogP contribution in [-0.2, 0) is 12.5 Å². The number of aryl methyl sites for hydroxylation is 1. The minimum absolute atomic E-state index is 0.141. The fourth-order valence-corrected chi connectivity index (χ4v) is 3.75. The van der Waals surface area contributed by atoms with Crippen molar-refractivity contribution in [1.82, 2.24) is 14.5 Å². The van der Waals surface area contributed by atoms with E-state index >= 15 is 0 Å². The summed E-state index contributed by atoms with van der Waals surface area (Å²) in [5.74, 6) is 0.839. The smallest absolute Gasteiger partial charge is 0.130 e. The first kappa shape index (κ1) is 20.9. The van der Waals surface area contributed by atoms with Crippen LogP contribution in [0.5, 0.6) is 0 Å². The van der Waals surface area contributed by atoms with Gasteiger partial charge in [0, 0.05) is 29.9 Å². The predicted octanol–water partition coefficient (Wildman–Crippen LogP) is 6.80. The van der Waals surface area contributed by atoms with Crippen molar-refractivity contribution in [2.24, 2.45) is 7.05 Å². The number of anilines is 1. The zero-order valence-electron chi connectivity index (χ0n) is 19.2. The normalized spacial score (nSPS) is 11.5. The Morgan fingerprint density at radius 1 is 0.903 bits per heavy atom. The second kappa shape index (κ2) is 8.03. The van der Waals surface area contributed by atoms with E-state index < -0.39 is 0 Å². The summed E-state index contributed by atoms with van der Waals surface area (Å²) in [5, 5.41) is 5.82. The van der Waals surface area contributed by atoms with Crippen molar-refractivity contribution in [3.8, 4) is 11.3 Å². The molecular weight excluding hydrogens is 380 g/mol. The van der Waals surface area contributed by atoms with Gasteiger partial charge in [-0.15, -0.1) is 0 Å². The van der Waals surface area contributed by atoms with Gasteiger partial charge in [0.05, 0.1) is 18.2 Å². The summed E-state index contributed by atoms with van der Waals surface area (Å²) in [7, 11) is 2.01.